The number of hydrogen-bond acceptors (Lipinski definition) is 3. The Labute approximate surface area is 130 Å². The predicted molar refractivity (Wildman–Crippen MR) is 88.5 cm³/mol. The summed E-state index contributed by atoms with van der Waals surface area (Å²) in [6, 6.07) is 6.63. The fourth-order valence-electron chi connectivity index (χ4n) is 2.20. The van der Waals surface area contributed by atoms with Crippen LogP contribution in [0, 0.1) is 6.92 Å². The maximum absolute atomic E-state index is 5.81. The maximum atomic E-state index is 5.81. The van der Waals surface area contributed by atoms with E-state index in [0.29, 0.717) is 5.88 Å². The molecule has 20 heavy (non-hydrogen) atoms. The second kappa shape index (κ2) is 7.21. The molecule has 0 N–H and O–H groups in total. The Hall–Kier alpha value is -0.900. The van der Waals surface area contributed by atoms with Crippen molar-refractivity contribution in [3.63, 3.8) is 0 Å². The molecule has 1 aromatic heterocycles. The fraction of sp³-hybridized carbons (Fsp3) is 0.438. The first-order valence-corrected chi connectivity index (χ1v) is 8.42. The molecule has 0 amide bonds. The lowest BCUT2D eigenvalue weighted by atomic mass is 10.0. The third-order valence-electron chi connectivity index (χ3n) is 3.57. The summed E-state index contributed by atoms with van der Waals surface area (Å²) >= 11 is 7.47. The van der Waals surface area contributed by atoms with Crippen molar-refractivity contribution < 1.29 is 0 Å². The van der Waals surface area contributed by atoms with Crippen LogP contribution < -0.4 is 0 Å². The average Bonchev–Trinajstić information content (AvgIpc) is 2.95. The molecule has 0 atom stereocenters. The summed E-state index contributed by atoms with van der Waals surface area (Å²) in [6.45, 7) is 9.78. The van der Waals surface area contributed by atoms with E-state index in [1.165, 1.54) is 16.7 Å². The summed E-state index contributed by atoms with van der Waals surface area (Å²) in [6.07, 6.45) is 0. The summed E-state index contributed by atoms with van der Waals surface area (Å²) in [5.74, 6) is 0.482. The van der Waals surface area contributed by atoms with Crippen LogP contribution in [0.5, 0.6) is 0 Å². The molecular formula is C16H21ClN2S. The smallest absolute Gasteiger partial charge is 0.123 e. The van der Waals surface area contributed by atoms with Crippen LogP contribution in [0.15, 0.2) is 23.6 Å². The zero-order valence-corrected chi connectivity index (χ0v) is 13.9. The van der Waals surface area contributed by atoms with E-state index in [0.717, 1.165) is 30.3 Å². The monoisotopic (exact) mass is 308 g/mol. The normalized spacial score (nSPS) is 11.2. The minimum atomic E-state index is 0.482. The van der Waals surface area contributed by atoms with Crippen LogP contribution in [0.3, 0.4) is 0 Å². The van der Waals surface area contributed by atoms with Gasteiger partial charge in [0.05, 0.1) is 11.6 Å². The van der Waals surface area contributed by atoms with Gasteiger partial charge >= 0.3 is 0 Å². The van der Waals surface area contributed by atoms with Crippen molar-refractivity contribution in [1.82, 2.24) is 9.88 Å². The van der Waals surface area contributed by atoms with Gasteiger partial charge in [-0.25, -0.2) is 4.98 Å². The fourth-order valence-corrected chi connectivity index (χ4v) is 3.24. The highest BCUT2D eigenvalue weighted by Gasteiger charge is 2.08. The molecular weight excluding hydrogens is 288 g/mol. The van der Waals surface area contributed by atoms with E-state index in [4.69, 9.17) is 11.6 Å². The Morgan fingerprint density at radius 1 is 1.25 bits per heavy atom. The lowest BCUT2D eigenvalue weighted by Gasteiger charge is -2.19. The first kappa shape index (κ1) is 15.5. The number of alkyl halides is 1. The highest BCUT2D eigenvalue weighted by Crippen LogP contribution is 2.26. The third kappa shape index (κ3) is 3.60. The quantitative estimate of drug-likeness (QED) is 0.719. The number of nitrogens with zero attached hydrogens (tertiary/aromatic N) is 2. The van der Waals surface area contributed by atoms with Crippen molar-refractivity contribution in [2.75, 3.05) is 13.1 Å². The molecule has 2 aromatic rings. The second-order valence-electron chi connectivity index (χ2n) is 4.88. The highest BCUT2D eigenvalue weighted by atomic mass is 35.5. The Morgan fingerprint density at radius 3 is 2.55 bits per heavy atom. The van der Waals surface area contributed by atoms with Crippen molar-refractivity contribution in [2.24, 2.45) is 0 Å². The van der Waals surface area contributed by atoms with Crippen LogP contribution >= 0.6 is 22.9 Å². The molecule has 0 aliphatic heterocycles. The standard InChI is InChI=1S/C16H21ClN2S/c1-4-19(5-2)10-14-7-6-13(8-12(14)3)16-18-15(9-17)11-20-16/h6-8,11H,4-5,9-10H2,1-3H3. The number of halogens is 1. The van der Waals surface area contributed by atoms with E-state index in [1.54, 1.807) is 11.3 Å². The van der Waals surface area contributed by atoms with Crippen LogP contribution in [-0.4, -0.2) is 23.0 Å². The van der Waals surface area contributed by atoms with Gasteiger partial charge in [0.25, 0.3) is 0 Å². The van der Waals surface area contributed by atoms with Gasteiger partial charge in [0.2, 0.25) is 0 Å². The summed E-state index contributed by atoms with van der Waals surface area (Å²) < 4.78 is 0. The number of aryl methyl sites for hydroxylation is 1. The number of thiazole rings is 1. The molecule has 0 radical (unpaired) electrons. The average molecular weight is 309 g/mol. The molecule has 2 nitrogen and oxygen atoms in total. The second-order valence-corrected chi connectivity index (χ2v) is 6.01. The Bertz CT molecular complexity index is 561. The third-order valence-corrected chi connectivity index (χ3v) is 4.78. The summed E-state index contributed by atoms with van der Waals surface area (Å²) in [5.41, 5.74) is 4.87. The SMILES string of the molecule is CCN(CC)Cc1ccc(-c2nc(CCl)cs2)cc1C. The van der Waals surface area contributed by atoms with E-state index >= 15 is 0 Å². The molecule has 0 aliphatic carbocycles. The Balaban J connectivity index is 2.20. The van der Waals surface area contributed by atoms with E-state index in [2.05, 4.69) is 48.9 Å². The van der Waals surface area contributed by atoms with Crippen LogP contribution in [0.1, 0.15) is 30.7 Å². The van der Waals surface area contributed by atoms with Gasteiger partial charge in [-0.15, -0.1) is 22.9 Å². The Morgan fingerprint density at radius 2 is 2.00 bits per heavy atom. The largest absolute Gasteiger partial charge is 0.300 e. The molecule has 0 saturated carbocycles. The number of hydrogen-bond donors (Lipinski definition) is 0. The molecule has 0 saturated heterocycles. The molecule has 0 bridgehead atoms. The van der Waals surface area contributed by atoms with Gasteiger partial charge in [-0.05, 0) is 37.2 Å². The van der Waals surface area contributed by atoms with Gasteiger partial charge in [-0.3, -0.25) is 4.90 Å². The van der Waals surface area contributed by atoms with E-state index in [9.17, 15) is 0 Å². The molecule has 4 heteroatoms. The summed E-state index contributed by atoms with van der Waals surface area (Å²) in [4.78, 5) is 6.97. The van der Waals surface area contributed by atoms with Crippen molar-refractivity contribution in [3.8, 4) is 10.6 Å². The number of rotatable bonds is 6. The van der Waals surface area contributed by atoms with Gasteiger partial charge in [0, 0.05) is 17.5 Å². The molecule has 0 fully saturated rings. The molecule has 2 rings (SSSR count). The van der Waals surface area contributed by atoms with E-state index in [1.807, 2.05) is 5.38 Å². The molecule has 108 valence electrons. The maximum Gasteiger partial charge on any atom is 0.123 e. The van der Waals surface area contributed by atoms with Gasteiger partial charge < -0.3 is 0 Å². The molecule has 0 spiro atoms. The molecule has 0 unspecified atom stereocenters. The van der Waals surface area contributed by atoms with Crippen LogP contribution in [0.25, 0.3) is 10.6 Å². The summed E-state index contributed by atoms with van der Waals surface area (Å²) in [7, 11) is 0. The van der Waals surface area contributed by atoms with Crippen molar-refractivity contribution in [1.29, 1.82) is 0 Å². The van der Waals surface area contributed by atoms with Gasteiger partial charge in [0.15, 0.2) is 0 Å². The lowest BCUT2D eigenvalue weighted by Crippen LogP contribution is -2.22. The number of aromatic nitrogens is 1. The lowest BCUT2D eigenvalue weighted by molar-refractivity contribution is 0.295. The van der Waals surface area contributed by atoms with Crippen molar-refractivity contribution in [3.05, 3.63) is 40.4 Å². The first-order chi connectivity index (χ1) is 9.67. The molecule has 0 aliphatic rings. The molecule has 1 aromatic carbocycles. The highest BCUT2D eigenvalue weighted by molar-refractivity contribution is 7.13. The zero-order chi connectivity index (χ0) is 14.5. The minimum Gasteiger partial charge on any atom is -0.300 e. The number of benzene rings is 1. The van der Waals surface area contributed by atoms with Gasteiger partial charge in [0.1, 0.15) is 5.01 Å². The Kier molecular flexibility index (Phi) is 5.58. The minimum absolute atomic E-state index is 0.482. The van der Waals surface area contributed by atoms with E-state index in [-0.39, 0.29) is 0 Å². The first-order valence-electron chi connectivity index (χ1n) is 7.00. The zero-order valence-electron chi connectivity index (χ0n) is 12.3. The van der Waals surface area contributed by atoms with Gasteiger partial charge in [-0.2, -0.15) is 0 Å². The van der Waals surface area contributed by atoms with Crippen LogP contribution in [0.2, 0.25) is 0 Å². The van der Waals surface area contributed by atoms with Crippen molar-refractivity contribution in [2.45, 2.75) is 33.2 Å². The van der Waals surface area contributed by atoms with Crippen LogP contribution in [-0.2, 0) is 12.4 Å². The topological polar surface area (TPSA) is 16.1 Å². The van der Waals surface area contributed by atoms with Gasteiger partial charge in [-0.1, -0.05) is 26.0 Å². The van der Waals surface area contributed by atoms with Crippen molar-refractivity contribution >= 4 is 22.9 Å². The summed E-state index contributed by atoms with van der Waals surface area (Å²) in [5, 5.41) is 3.08. The van der Waals surface area contributed by atoms with E-state index < -0.39 is 0 Å². The predicted octanol–water partition coefficient (Wildman–Crippen LogP) is 4.70. The molecule has 1 heterocycles. The van der Waals surface area contributed by atoms with Crippen LogP contribution in [0.4, 0.5) is 0 Å².